The number of hydrogen-bond acceptors (Lipinski definition) is 4. The van der Waals surface area contributed by atoms with Gasteiger partial charge in [0, 0.05) is 23.7 Å². The summed E-state index contributed by atoms with van der Waals surface area (Å²) in [6.07, 6.45) is 0. The molecule has 0 radical (unpaired) electrons. The Hall–Kier alpha value is -1.95. The van der Waals surface area contributed by atoms with Gasteiger partial charge in [-0.3, -0.25) is 9.69 Å². The summed E-state index contributed by atoms with van der Waals surface area (Å²) in [6, 6.07) is 13.1. The van der Waals surface area contributed by atoms with Gasteiger partial charge in [-0.15, -0.1) is 0 Å². The van der Waals surface area contributed by atoms with Crippen molar-refractivity contribution in [1.82, 2.24) is 9.88 Å². The topological polar surface area (TPSA) is 36.4 Å². The van der Waals surface area contributed by atoms with E-state index in [1.54, 1.807) is 40.5 Å². The van der Waals surface area contributed by atoms with Crippen LogP contribution in [0.15, 0.2) is 42.5 Å². The van der Waals surface area contributed by atoms with Crippen LogP contribution < -0.4 is 4.90 Å². The zero-order chi connectivity index (χ0) is 18.0. The molecule has 25 heavy (non-hydrogen) atoms. The number of anilines is 1. The van der Waals surface area contributed by atoms with Crippen molar-refractivity contribution in [2.45, 2.75) is 6.92 Å². The van der Waals surface area contributed by atoms with Crippen molar-refractivity contribution in [3.8, 4) is 0 Å². The Morgan fingerprint density at radius 2 is 1.92 bits per heavy atom. The Morgan fingerprint density at radius 1 is 1.16 bits per heavy atom. The van der Waals surface area contributed by atoms with Crippen LogP contribution in [0.25, 0.3) is 10.2 Å². The van der Waals surface area contributed by atoms with E-state index in [0.29, 0.717) is 17.1 Å². The SMILES string of the molecule is Cc1cccc2sc(N(CCN(C)C)C(=O)c3cccc(Cl)c3)nc12. The first-order chi connectivity index (χ1) is 12.0. The molecule has 0 bridgehead atoms. The van der Waals surface area contributed by atoms with Gasteiger partial charge in [0.05, 0.1) is 10.2 Å². The van der Waals surface area contributed by atoms with Gasteiger partial charge in [0.1, 0.15) is 0 Å². The number of likely N-dealkylation sites (N-methyl/N-ethyl adjacent to an activating group) is 1. The molecule has 2 aromatic carbocycles. The van der Waals surface area contributed by atoms with Crippen molar-refractivity contribution in [3.63, 3.8) is 0 Å². The summed E-state index contributed by atoms with van der Waals surface area (Å²) >= 11 is 7.60. The van der Waals surface area contributed by atoms with E-state index in [1.807, 2.05) is 39.2 Å². The van der Waals surface area contributed by atoms with Crippen LogP contribution in [0.2, 0.25) is 5.02 Å². The minimum atomic E-state index is -0.0824. The third-order valence-electron chi connectivity index (χ3n) is 3.93. The largest absolute Gasteiger partial charge is 0.308 e. The van der Waals surface area contributed by atoms with Gasteiger partial charge < -0.3 is 4.90 Å². The Kier molecular flexibility index (Phi) is 5.37. The molecule has 0 spiro atoms. The molecule has 1 amide bonds. The molecule has 0 aliphatic carbocycles. The normalized spacial score (nSPS) is 11.2. The summed E-state index contributed by atoms with van der Waals surface area (Å²) in [6.45, 7) is 3.35. The van der Waals surface area contributed by atoms with Crippen molar-refractivity contribution in [3.05, 3.63) is 58.6 Å². The van der Waals surface area contributed by atoms with E-state index < -0.39 is 0 Å². The third-order valence-corrected chi connectivity index (χ3v) is 5.21. The maximum Gasteiger partial charge on any atom is 0.260 e. The molecular formula is C19H20ClN3OS. The minimum Gasteiger partial charge on any atom is -0.308 e. The number of benzene rings is 2. The van der Waals surface area contributed by atoms with Gasteiger partial charge in [-0.2, -0.15) is 0 Å². The van der Waals surface area contributed by atoms with E-state index in [4.69, 9.17) is 16.6 Å². The monoisotopic (exact) mass is 373 g/mol. The average molecular weight is 374 g/mol. The number of hydrogen-bond donors (Lipinski definition) is 0. The molecule has 0 saturated carbocycles. The first-order valence-corrected chi connectivity index (χ1v) is 9.23. The van der Waals surface area contributed by atoms with Crippen molar-refractivity contribution in [1.29, 1.82) is 0 Å². The fraction of sp³-hybridized carbons (Fsp3) is 0.263. The minimum absolute atomic E-state index is 0.0824. The molecular weight excluding hydrogens is 354 g/mol. The quantitative estimate of drug-likeness (QED) is 0.662. The lowest BCUT2D eigenvalue weighted by atomic mass is 10.2. The number of aromatic nitrogens is 1. The molecule has 0 atom stereocenters. The molecule has 130 valence electrons. The van der Waals surface area contributed by atoms with E-state index in [0.717, 1.165) is 27.5 Å². The molecule has 0 saturated heterocycles. The molecule has 0 aliphatic rings. The predicted octanol–water partition coefficient (Wildman–Crippen LogP) is 4.47. The number of amides is 1. The van der Waals surface area contributed by atoms with E-state index in [9.17, 15) is 4.79 Å². The summed E-state index contributed by atoms with van der Waals surface area (Å²) in [5.41, 5.74) is 2.64. The van der Waals surface area contributed by atoms with Crippen LogP contribution in [0.4, 0.5) is 5.13 Å². The van der Waals surface area contributed by atoms with Gasteiger partial charge in [-0.25, -0.2) is 4.98 Å². The van der Waals surface area contributed by atoms with Gasteiger partial charge in [-0.05, 0) is 50.8 Å². The standard InChI is InChI=1S/C19H20ClN3OS/c1-13-6-4-9-16-17(13)21-19(25-16)23(11-10-22(2)3)18(24)14-7-5-8-15(20)12-14/h4-9,12H,10-11H2,1-3H3. The third kappa shape index (κ3) is 4.00. The number of carbonyl (C=O) groups excluding carboxylic acids is 1. The van der Waals surface area contributed by atoms with E-state index in [-0.39, 0.29) is 5.91 Å². The van der Waals surface area contributed by atoms with Crippen LogP contribution in [0.5, 0.6) is 0 Å². The molecule has 3 aromatic rings. The highest BCUT2D eigenvalue weighted by Crippen LogP contribution is 2.31. The molecule has 3 rings (SSSR count). The zero-order valence-electron chi connectivity index (χ0n) is 14.5. The lowest BCUT2D eigenvalue weighted by Gasteiger charge is -2.22. The molecule has 4 nitrogen and oxygen atoms in total. The summed E-state index contributed by atoms with van der Waals surface area (Å²) in [5.74, 6) is -0.0824. The Balaban J connectivity index is 2.01. The number of para-hydroxylation sites is 1. The van der Waals surface area contributed by atoms with Gasteiger partial charge in [-0.1, -0.05) is 41.1 Å². The van der Waals surface area contributed by atoms with Gasteiger partial charge in [0.2, 0.25) is 0 Å². The molecule has 6 heteroatoms. The number of halogens is 1. The van der Waals surface area contributed by atoms with Crippen molar-refractivity contribution in [2.75, 3.05) is 32.1 Å². The number of rotatable bonds is 5. The van der Waals surface area contributed by atoms with Crippen LogP contribution >= 0.6 is 22.9 Å². The fourth-order valence-electron chi connectivity index (χ4n) is 2.55. The van der Waals surface area contributed by atoms with Gasteiger partial charge in [0.25, 0.3) is 5.91 Å². The summed E-state index contributed by atoms with van der Waals surface area (Å²) < 4.78 is 1.09. The molecule has 0 aliphatic heterocycles. The van der Waals surface area contributed by atoms with Gasteiger partial charge in [0.15, 0.2) is 5.13 Å². The van der Waals surface area contributed by atoms with Crippen molar-refractivity contribution in [2.24, 2.45) is 0 Å². The highest BCUT2D eigenvalue weighted by atomic mass is 35.5. The second-order valence-corrected chi connectivity index (χ2v) is 7.63. The average Bonchev–Trinajstić information content (AvgIpc) is 3.00. The first kappa shape index (κ1) is 17.9. The maximum atomic E-state index is 13.1. The highest BCUT2D eigenvalue weighted by Gasteiger charge is 2.22. The van der Waals surface area contributed by atoms with Crippen molar-refractivity contribution >= 4 is 44.2 Å². The fourth-order valence-corrected chi connectivity index (χ4v) is 3.81. The second kappa shape index (κ2) is 7.52. The second-order valence-electron chi connectivity index (χ2n) is 6.19. The van der Waals surface area contributed by atoms with Crippen LogP contribution in [0.3, 0.4) is 0 Å². The summed E-state index contributed by atoms with van der Waals surface area (Å²) in [4.78, 5) is 21.6. The number of carbonyl (C=O) groups is 1. The smallest absolute Gasteiger partial charge is 0.260 e. The number of aryl methyl sites for hydroxylation is 1. The Bertz CT molecular complexity index is 907. The van der Waals surface area contributed by atoms with Crippen LogP contribution in [0, 0.1) is 6.92 Å². The Labute approximate surface area is 156 Å². The van der Waals surface area contributed by atoms with Crippen LogP contribution in [-0.4, -0.2) is 43.0 Å². The number of fused-ring (bicyclic) bond motifs is 1. The first-order valence-electron chi connectivity index (χ1n) is 8.04. The predicted molar refractivity (Wildman–Crippen MR) is 106 cm³/mol. The van der Waals surface area contributed by atoms with Gasteiger partial charge >= 0.3 is 0 Å². The molecule has 0 N–H and O–H groups in total. The van der Waals surface area contributed by atoms with E-state index >= 15 is 0 Å². The molecule has 1 aromatic heterocycles. The van der Waals surface area contributed by atoms with E-state index in [1.165, 1.54) is 0 Å². The number of thiazole rings is 1. The molecule has 1 heterocycles. The summed E-state index contributed by atoms with van der Waals surface area (Å²) in [7, 11) is 3.98. The van der Waals surface area contributed by atoms with Crippen LogP contribution in [0.1, 0.15) is 15.9 Å². The van der Waals surface area contributed by atoms with Crippen molar-refractivity contribution < 1.29 is 4.79 Å². The Morgan fingerprint density at radius 3 is 2.60 bits per heavy atom. The highest BCUT2D eigenvalue weighted by molar-refractivity contribution is 7.22. The lowest BCUT2D eigenvalue weighted by molar-refractivity contribution is 0.0985. The number of nitrogens with zero attached hydrogens (tertiary/aromatic N) is 3. The van der Waals surface area contributed by atoms with Crippen LogP contribution in [-0.2, 0) is 0 Å². The van der Waals surface area contributed by atoms with E-state index in [2.05, 4.69) is 4.90 Å². The molecule has 0 unspecified atom stereocenters. The molecule has 0 fully saturated rings. The maximum absolute atomic E-state index is 13.1. The zero-order valence-corrected chi connectivity index (χ0v) is 16.1. The lowest BCUT2D eigenvalue weighted by Crippen LogP contribution is -2.36. The summed E-state index contributed by atoms with van der Waals surface area (Å²) in [5, 5.41) is 1.27.